The lowest BCUT2D eigenvalue weighted by Crippen LogP contribution is -2.35. The van der Waals surface area contributed by atoms with Crippen molar-refractivity contribution in [3.05, 3.63) is 28.5 Å². The summed E-state index contributed by atoms with van der Waals surface area (Å²) in [5.74, 6) is 0. The van der Waals surface area contributed by atoms with Crippen molar-refractivity contribution in [1.29, 1.82) is 0 Å². The summed E-state index contributed by atoms with van der Waals surface area (Å²) in [6.07, 6.45) is 7.20. The molecular weight excluding hydrogens is 220 g/mol. The van der Waals surface area contributed by atoms with Crippen LogP contribution >= 0.6 is 11.6 Å². The molecule has 1 aromatic rings. The molecule has 0 atom stereocenters. The maximum absolute atomic E-state index is 6.00. The van der Waals surface area contributed by atoms with E-state index in [-0.39, 0.29) is 0 Å². The predicted molar refractivity (Wildman–Crippen MR) is 65.7 cm³/mol. The van der Waals surface area contributed by atoms with Gasteiger partial charge in [-0.3, -0.25) is 4.90 Å². The van der Waals surface area contributed by atoms with E-state index in [2.05, 4.69) is 16.0 Å². The number of aromatic nitrogens is 1. The molecule has 16 heavy (non-hydrogen) atoms. The van der Waals surface area contributed by atoms with Crippen molar-refractivity contribution in [1.82, 2.24) is 9.88 Å². The molecule has 0 spiro atoms. The molecule has 86 valence electrons. The fourth-order valence-corrected chi connectivity index (χ4v) is 3.49. The van der Waals surface area contributed by atoms with Crippen molar-refractivity contribution in [2.75, 3.05) is 13.1 Å². The lowest BCUT2D eigenvalue weighted by atomic mass is 9.86. The lowest BCUT2D eigenvalue weighted by Gasteiger charge is -2.32. The highest BCUT2D eigenvalue weighted by molar-refractivity contribution is 6.30. The van der Waals surface area contributed by atoms with Crippen molar-refractivity contribution >= 4 is 11.6 Å². The van der Waals surface area contributed by atoms with Crippen molar-refractivity contribution in [2.24, 2.45) is 0 Å². The molecule has 3 heteroatoms. The fourth-order valence-electron chi connectivity index (χ4n) is 3.39. The Morgan fingerprint density at radius 1 is 1.31 bits per heavy atom. The quantitative estimate of drug-likeness (QED) is 0.697. The molecule has 3 rings (SSSR count). The average Bonchev–Trinajstić information content (AvgIpc) is 2.81. The summed E-state index contributed by atoms with van der Waals surface area (Å²) in [7, 11) is 0. The lowest BCUT2D eigenvalue weighted by molar-refractivity contribution is 0.197. The van der Waals surface area contributed by atoms with Gasteiger partial charge in [0.05, 0.1) is 0 Å². The molecule has 2 nitrogen and oxygen atoms in total. The minimum absolute atomic E-state index is 0.294. The molecule has 0 radical (unpaired) electrons. The Morgan fingerprint density at radius 3 is 2.62 bits per heavy atom. The van der Waals surface area contributed by atoms with Crippen LogP contribution < -0.4 is 0 Å². The molecule has 0 aliphatic carbocycles. The summed E-state index contributed by atoms with van der Waals surface area (Å²) in [5.41, 5.74) is 2.78. The van der Waals surface area contributed by atoms with E-state index in [1.165, 1.54) is 44.3 Å². The Balaban J connectivity index is 2.04. The van der Waals surface area contributed by atoms with Crippen molar-refractivity contribution in [3.63, 3.8) is 0 Å². The molecule has 0 unspecified atom stereocenters. The molecule has 0 N–H and O–H groups in total. The largest absolute Gasteiger partial charge is 0.294 e. The molecule has 2 fully saturated rings. The maximum atomic E-state index is 6.00. The van der Waals surface area contributed by atoms with Crippen LogP contribution in [0.15, 0.2) is 12.3 Å². The first-order valence-corrected chi connectivity index (χ1v) is 6.48. The molecule has 0 bridgehead atoms. The summed E-state index contributed by atoms with van der Waals surface area (Å²) in [6.45, 7) is 4.55. The Morgan fingerprint density at radius 2 is 2.00 bits per heavy atom. The summed E-state index contributed by atoms with van der Waals surface area (Å²) in [5, 5.41) is 0.641. The van der Waals surface area contributed by atoms with E-state index < -0.39 is 0 Å². The van der Waals surface area contributed by atoms with Crippen LogP contribution in [0.5, 0.6) is 0 Å². The van der Waals surface area contributed by atoms with Crippen LogP contribution in [-0.2, 0) is 5.54 Å². The zero-order valence-electron chi connectivity index (χ0n) is 9.67. The number of hydrogen-bond acceptors (Lipinski definition) is 2. The number of aryl methyl sites for hydroxylation is 1. The number of hydrogen-bond donors (Lipinski definition) is 0. The molecule has 3 heterocycles. The highest BCUT2D eigenvalue weighted by Crippen LogP contribution is 2.46. The standard InChI is InChI=1S/C13H17ClN2/c1-10-8-11(9-15-12(10)14)13-4-2-6-16(13)7-3-5-13/h8-9H,2-7H2,1H3. The third-order valence-corrected chi connectivity index (χ3v) is 4.59. The topological polar surface area (TPSA) is 16.1 Å². The van der Waals surface area contributed by atoms with Gasteiger partial charge in [-0.05, 0) is 62.9 Å². The number of rotatable bonds is 1. The van der Waals surface area contributed by atoms with Gasteiger partial charge in [0.15, 0.2) is 0 Å². The molecule has 0 aromatic carbocycles. The van der Waals surface area contributed by atoms with E-state index in [0.717, 1.165) is 5.56 Å². The number of fused-ring (bicyclic) bond motifs is 1. The molecular formula is C13H17ClN2. The highest BCUT2D eigenvalue weighted by atomic mass is 35.5. The van der Waals surface area contributed by atoms with Crippen LogP contribution in [0.2, 0.25) is 5.15 Å². The van der Waals surface area contributed by atoms with E-state index in [4.69, 9.17) is 11.6 Å². The smallest absolute Gasteiger partial charge is 0.131 e. The Hall–Kier alpha value is -0.600. The van der Waals surface area contributed by atoms with Crippen LogP contribution in [0.3, 0.4) is 0 Å². The number of nitrogens with zero attached hydrogens (tertiary/aromatic N) is 2. The van der Waals surface area contributed by atoms with Crippen molar-refractivity contribution in [3.8, 4) is 0 Å². The Bertz CT molecular complexity index is 406. The molecule has 2 aliphatic heterocycles. The zero-order chi connectivity index (χ0) is 11.2. The normalized spacial score (nSPS) is 23.6. The van der Waals surface area contributed by atoms with Crippen LogP contribution in [-0.4, -0.2) is 23.0 Å². The third kappa shape index (κ3) is 1.40. The van der Waals surface area contributed by atoms with Gasteiger partial charge in [0, 0.05) is 11.7 Å². The molecule has 0 amide bonds. The van der Waals surface area contributed by atoms with Crippen LogP contribution in [0, 0.1) is 6.92 Å². The molecule has 0 saturated carbocycles. The molecule has 2 aliphatic rings. The van der Waals surface area contributed by atoms with Crippen molar-refractivity contribution in [2.45, 2.75) is 38.1 Å². The minimum Gasteiger partial charge on any atom is -0.294 e. The van der Waals surface area contributed by atoms with Gasteiger partial charge in [-0.2, -0.15) is 0 Å². The van der Waals surface area contributed by atoms with Gasteiger partial charge >= 0.3 is 0 Å². The van der Waals surface area contributed by atoms with Gasteiger partial charge in [-0.15, -0.1) is 0 Å². The van der Waals surface area contributed by atoms with Crippen molar-refractivity contribution < 1.29 is 0 Å². The van der Waals surface area contributed by atoms with E-state index in [1.807, 2.05) is 13.1 Å². The van der Waals surface area contributed by atoms with Gasteiger partial charge < -0.3 is 0 Å². The summed E-state index contributed by atoms with van der Waals surface area (Å²) < 4.78 is 0. The maximum Gasteiger partial charge on any atom is 0.131 e. The van der Waals surface area contributed by atoms with E-state index in [1.54, 1.807) is 0 Å². The Labute approximate surface area is 102 Å². The third-order valence-electron chi connectivity index (χ3n) is 4.19. The van der Waals surface area contributed by atoms with Gasteiger partial charge in [0.1, 0.15) is 5.15 Å². The first-order chi connectivity index (χ1) is 7.72. The monoisotopic (exact) mass is 236 g/mol. The van der Waals surface area contributed by atoms with E-state index in [9.17, 15) is 0 Å². The van der Waals surface area contributed by atoms with Crippen LogP contribution in [0.25, 0.3) is 0 Å². The first kappa shape index (κ1) is 10.5. The Kier molecular flexibility index (Phi) is 2.45. The number of halogens is 1. The second-order valence-corrected chi connectivity index (χ2v) is 5.42. The fraction of sp³-hybridized carbons (Fsp3) is 0.615. The molecule has 2 saturated heterocycles. The SMILES string of the molecule is Cc1cc(C23CCCN2CCC3)cnc1Cl. The zero-order valence-corrected chi connectivity index (χ0v) is 10.4. The average molecular weight is 237 g/mol. The first-order valence-electron chi connectivity index (χ1n) is 6.10. The highest BCUT2D eigenvalue weighted by Gasteiger charge is 2.45. The van der Waals surface area contributed by atoms with Gasteiger partial charge in [0.2, 0.25) is 0 Å². The van der Waals surface area contributed by atoms with Crippen LogP contribution in [0.4, 0.5) is 0 Å². The van der Waals surface area contributed by atoms with E-state index in [0.29, 0.717) is 10.7 Å². The predicted octanol–water partition coefficient (Wildman–Crippen LogP) is 3.13. The van der Waals surface area contributed by atoms with Gasteiger partial charge in [-0.1, -0.05) is 11.6 Å². The van der Waals surface area contributed by atoms with Crippen LogP contribution in [0.1, 0.15) is 36.8 Å². The second-order valence-electron chi connectivity index (χ2n) is 5.06. The van der Waals surface area contributed by atoms with Gasteiger partial charge in [-0.25, -0.2) is 4.98 Å². The summed E-state index contributed by atoms with van der Waals surface area (Å²) >= 11 is 6.00. The van der Waals surface area contributed by atoms with E-state index >= 15 is 0 Å². The van der Waals surface area contributed by atoms with Gasteiger partial charge in [0.25, 0.3) is 0 Å². The minimum atomic E-state index is 0.294. The number of pyridine rings is 1. The molecule has 1 aromatic heterocycles. The second kappa shape index (κ2) is 3.71. The summed E-state index contributed by atoms with van der Waals surface area (Å²) in [6, 6.07) is 2.24. The summed E-state index contributed by atoms with van der Waals surface area (Å²) in [4.78, 5) is 6.95.